The lowest BCUT2D eigenvalue weighted by Gasteiger charge is -2.33. The quantitative estimate of drug-likeness (QED) is 0.855. The summed E-state index contributed by atoms with van der Waals surface area (Å²) in [6.45, 7) is 1.84. The van der Waals surface area contributed by atoms with E-state index in [-0.39, 0.29) is 24.0 Å². The van der Waals surface area contributed by atoms with E-state index in [9.17, 15) is 9.59 Å². The van der Waals surface area contributed by atoms with Gasteiger partial charge >= 0.3 is 0 Å². The molecule has 1 aliphatic heterocycles. The van der Waals surface area contributed by atoms with Gasteiger partial charge in [-0.15, -0.1) is 0 Å². The molecule has 1 atom stereocenters. The number of nitrogens with one attached hydrogen (secondary N) is 1. The Balaban J connectivity index is 1.88. The predicted molar refractivity (Wildman–Crippen MR) is 102 cm³/mol. The zero-order valence-electron chi connectivity index (χ0n) is 15.4. The first kappa shape index (κ1) is 18.4. The second-order valence-corrected chi connectivity index (χ2v) is 6.46. The van der Waals surface area contributed by atoms with Crippen LogP contribution in [0.4, 0.5) is 5.69 Å². The summed E-state index contributed by atoms with van der Waals surface area (Å²) >= 11 is 0. The number of guanidine groups is 1. The topological polar surface area (TPSA) is 110 Å². The van der Waals surface area contributed by atoms with Gasteiger partial charge in [-0.05, 0) is 36.8 Å². The van der Waals surface area contributed by atoms with Crippen LogP contribution in [-0.4, -0.2) is 41.8 Å². The minimum atomic E-state index is -0.795. The first-order valence-corrected chi connectivity index (χ1v) is 8.37. The summed E-state index contributed by atoms with van der Waals surface area (Å²) in [6, 6.07) is 10.5. The molecule has 2 aromatic rings. The molecule has 2 amide bonds. The van der Waals surface area contributed by atoms with Crippen molar-refractivity contribution in [3.8, 4) is 5.75 Å². The van der Waals surface area contributed by atoms with Gasteiger partial charge in [-0.25, -0.2) is 9.98 Å². The molecule has 3 N–H and O–H groups in total. The van der Waals surface area contributed by atoms with Crippen molar-refractivity contribution in [1.29, 1.82) is 0 Å². The molecule has 0 saturated heterocycles. The fourth-order valence-corrected chi connectivity index (χ4v) is 2.92. The molecule has 0 bridgehead atoms. The average molecular weight is 367 g/mol. The maximum absolute atomic E-state index is 12.5. The van der Waals surface area contributed by atoms with Crippen molar-refractivity contribution in [2.24, 2.45) is 10.7 Å². The monoisotopic (exact) mass is 367 g/mol. The number of pyridine rings is 1. The standard InChI is InChI=1S/C19H21N5O3/c1-19(11-15(25)24(2)18(20)23-19)12-6-4-7-13(10-12)22-17(26)16-14(27-3)8-5-9-21-16/h4-10H,11H2,1-3H3,(H2,20,23)(H,22,26). The molecular weight excluding hydrogens is 346 g/mol. The van der Waals surface area contributed by atoms with Gasteiger partial charge in [-0.1, -0.05) is 12.1 Å². The van der Waals surface area contributed by atoms with Crippen LogP contribution < -0.4 is 15.8 Å². The summed E-state index contributed by atoms with van der Waals surface area (Å²) in [7, 11) is 3.08. The minimum absolute atomic E-state index is 0.113. The number of nitrogens with two attached hydrogens (primary N) is 1. The number of hydrogen-bond donors (Lipinski definition) is 2. The number of methoxy groups -OCH3 is 1. The Hall–Kier alpha value is -3.42. The Kier molecular flexibility index (Phi) is 4.81. The number of aromatic nitrogens is 1. The van der Waals surface area contributed by atoms with E-state index in [1.54, 1.807) is 37.4 Å². The molecule has 0 saturated carbocycles. The van der Waals surface area contributed by atoms with E-state index in [1.165, 1.54) is 18.2 Å². The molecule has 27 heavy (non-hydrogen) atoms. The van der Waals surface area contributed by atoms with Crippen LogP contribution in [0.5, 0.6) is 5.75 Å². The van der Waals surface area contributed by atoms with Crippen LogP contribution in [0.25, 0.3) is 0 Å². The number of carbonyl (C=O) groups excluding carboxylic acids is 2. The number of anilines is 1. The van der Waals surface area contributed by atoms with Crippen molar-refractivity contribution in [2.45, 2.75) is 18.9 Å². The van der Waals surface area contributed by atoms with Crippen LogP contribution in [0, 0.1) is 0 Å². The number of rotatable bonds is 4. The zero-order chi connectivity index (χ0) is 19.6. The van der Waals surface area contributed by atoms with E-state index in [0.717, 1.165) is 5.56 Å². The smallest absolute Gasteiger partial charge is 0.278 e. The van der Waals surface area contributed by atoms with Crippen molar-refractivity contribution in [3.05, 3.63) is 53.9 Å². The normalized spacial score (nSPS) is 19.4. The second-order valence-electron chi connectivity index (χ2n) is 6.46. The molecule has 0 aliphatic carbocycles. The minimum Gasteiger partial charge on any atom is -0.494 e. The van der Waals surface area contributed by atoms with Crippen LogP contribution >= 0.6 is 0 Å². The molecule has 1 aromatic carbocycles. The Bertz CT molecular complexity index is 927. The van der Waals surface area contributed by atoms with Crippen molar-refractivity contribution in [2.75, 3.05) is 19.5 Å². The van der Waals surface area contributed by atoms with Crippen LogP contribution in [-0.2, 0) is 10.3 Å². The van der Waals surface area contributed by atoms with Crippen molar-refractivity contribution >= 4 is 23.5 Å². The number of nitrogens with zero attached hydrogens (tertiary/aromatic N) is 3. The maximum atomic E-state index is 12.5. The van der Waals surface area contributed by atoms with Gasteiger partial charge in [-0.3, -0.25) is 14.5 Å². The summed E-state index contributed by atoms with van der Waals surface area (Å²) in [6.07, 6.45) is 1.71. The Morgan fingerprint density at radius 1 is 1.33 bits per heavy atom. The molecule has 0 radical (unpaired) electrons. The zero-order valence-corrected chi connectivity index (χ0v) is 15.4. The first-order valence-electron chi connectivity index (χ1n) is 8.37. The molecule has 2 heterocycles. The lowest BCUT2D eigenvalue weighted by Crippen LogP contribution is -2.47. The Labute approximate surface area is 157 Å². The maximum Gasteiger partial charge on any atom is 0.278 e. The van der Waals surface area contributed by atoms with Crippen LogP contribution in [0.1, 0.15) is 29.4 Å². The third kappa shape index (κ3) is 3.59. The number of amides is 2. The van der Waals surface area contributed by atoms with Gasteiger partial charge in [0.25, 0.3) is 5.91 Å². The largest absolute Gasteiger partial charge is 0.494 e. The number of hydrogen-bond acceptors (Lipinski definition) is 6. The number of benzene rings is 1. The molecule has 3 rings (SSSR count). The van der Waals surface area contributed by atoms with Gasteiger partial charge < -0.3 is 15.8 Å². The fourth-order valence-electron chi connectivity index (χ4n) is 2.92. The molecule has 0 fully saturated rings. The van der Waals surface area contributed by atoms with Crippen molar-refractivity contribution in [3.63, 3.8) is 0 Å². The Morgan fingerprint density at radius 2 is 2.11 bits per heavy atom. The molecule has 1 unspecified atom stereocenters. The number of aliphatic imine (C=N–C) groups is 1. The van der Waals surface area contributed by atoms with E-state index >= 15 is 0 Å². The third-order valence-electron chi connectivity index (χ3n) is 4.52. The third-order valence-corrected chi connectivity index (χ3v) is 4.52. The molecule has 1 aliphatic rings. The van der Waals surface area contributed by atoms with E-state index < -0.39 is 11.4 Å². The Morgan fingerprint density at radius 3 is 2.81 bits per heavy atom. The molecule has 0 spiro atoms. The fraction of sp³-hybridized carbons (Fsp3) is 0.263. The molecule has 8 nitrogen and oxygen atoms in total. The van der Waals surface area contributed by atoms with Gasteiger partial charge in [0.15, 0.2) is 11.7 Å². The summed E-state index contributed by atoms with van der Waals surface area (Å²) < 4.78 is 5.18. The lowest BCUT2D eigenvalue weighted by atomic mass is 9.87. The summed E-state index contributed by atoms with van der Waals surface area (Å²) in [5.41, 5.74) is 6.60. The van der Waals surface area contributed by atoms with E-state index in [2.05, 4.69) is 15.3 Å². The average Bonchev–Trinajstić information content (AvgIpc) is 2.66. The highest BCUT2D eigenvalue weighted by atomic mass is 16.5. The van der Waals surface area contributed by atoms with Crippen molar-refractivity contribution < 1.29 is 14.3 Å². The molecule has 140 valence electrons. The molecule has 8 heteroatoms. The summed E-state index contributed by atoms with van der Waals surface area (Å²) in [5.74, 6) is 0.0488. The van der Waals surface area contributed by atoms with E-state index in [0.29, 0.717) is 11.4 Å². The summed E-state index contributed by atoms with van der Waals surface area (Å²) in [4.78, 5) is 34.6. The highest BCUT2D eigenvalue weighted by molar-refractivity contribution is 6.04. The lowest BCUT2D eigenvalue weighted by molar-refractivity contribution is -0.128. The second kappa shape index (κ2) is 7.06. The predicted octanol–water partition coefficient (Wildman–Crippen LogP) is 1.73. The van der Waals surface area contributed by atoms with Crippen LogP contribution in [0.15, 0.2) is 47.6 Å². The highest BCUT2D eigenvalue weighted by Crippen LogP contribution is 2.34. The summed E-state index contributed by atoms with van der Waals surface area (Å²) in [5, 5.41) is 2.80. The van der Waals surface area contributed by atoms with Gasteiger partial charge in [0.1, 0.15) is 5.75 Å². The van der Waals surface area contributed by atoms with Gasteiger partial charge in [0, 0.05) is 18.9 Å². The van der Waals surface area contributed by atoms with E-state index in [4.69, 9.17) is 10.5 Å². The first-order chi connectivity index (χ1) is 12.8. The number of carbonyl (C=O) groups is 2. The van der Waals surface area contributed by atoms with E-state index in [1.807, 2.05) is 13.0 Å². The van der Waals surface area contributed by atoms with Crippen molar-refractivity contribution in [1.82, 2.24) is 9.88 Å². The van der Waals surface area contributed by atoms with Crippen LogP contribution in [0.2, 0.25) is 0 Å². The highest BCUT2D eigenvalue weighted by Gasteiger charge is 2.36. The molecular formula is C19H21N5O3. The SMILES string of the molecule is COc1cccnc1C(=O)Nc1cccc(C2(C)CC(=O)N(C)C(N)=N2)c1. The van der Waals surface area contributed by atoms with Gasteiger partial charge in [0.2, 0.25) is 5.91 Å². The number of ether oxygens (including phenoxy) is 1. The van der Waals surface area contributed by atoms with Crippen LogP contribution in [0.3, 0.4) is 0 Å². The van der Waals surface area contributed by atoms with Gasteiger partial charge in [-0.2, -0.15) is 0 Å². The molecule has 1 aromatic heterocycles. The van der Waals surface area contributed by atoms with Gasteiger partial charge in [0.05, 0.1) is 19.1 Å².